The highest BCUT2D eigenvalue weighted by Gasteiger charge is 2.46. The van der Waals surface area contributed by atoms with E-state index in [2.05, 4.69) is 10.6 Å². The number of likely N-dealkylation sites (tertiary alicyclic amines) is 1. The van der Waals surface area contributed by atoms with Crippen molar-refractivity contribution in [3.8, 4) is 0 Å². The third kappa shape index (κ3) is 3.08. The number of nitrogens with zero attached hydrogens (tertiary/aromatic N) is 1. The highest BCUT2D eigenvalue weighted by atomic mass is 35.5. The molecule has 0 radical (unpaired) electrons. The van der Waals surface area contributed by atoms with Crippen LogP contribution in [0.4, 0.5) is 0 Å². The van der Waals surface area contributed by atoms with Crippen LogP contribution in [-0.2, 0) is 4.79 Å². The first-order valence-corrected chi connectivity index (χ1v) is 8.43. The Morgan fingerprint density at radius 1 is 1.30 bits per heavy atom. The molecule has 2 heterocycles. The molecular formula is C17H22ClN3O2. The minimum atomic E-state index is -0.372. The average Bonchev–Trinajstić information content (AvgIpc) is 2.84. The predicted octanol–water partition coefficient (Wildman–Crippen LogP) is 2.02. The van der Waals surface area contributed by atoms with Crippen LogP contribution in [-0.4, -0.2) is 41.5 Å². The molecule has 3 rings (SSSR count). The molecule has 2 amide bonds. The third-order valence-corrected chi connectivity index (χ3v) is 5.08. The molecule has 2 aliphatic rings. The molecule has 0 saturated carbocycles. The first-order valence-electron chi connectivity index (χ1n) is 8.05. The summed E-state index contributed by atoms with van der Waals surface area (Å²) in [6, 6.07) is 6.96. The zero-order valence-corrected chi connectivity index (χ0v) is 14.2. The lowest BCUT2D eigenvalue weighted by Crippen LogP contribution is -2.58. The van der Waals surface area contributed by atoms with Crippen molar-refractivity contribution in [2.75, 3.05) is 13.1 Å². The van der Waals surface area contributed by atoms with Crippen molar-refractivity contribution in [1.82, 2.24) is 15.5 Å². The summed E-state index contributed by atoms with van der Waals surface area (Å²) in [6.07, 6.45) is 1.41. The summed E-state index contributed by atoms with van der Waals surface area (Å²) in [5, 5.41) is 7.02. The lowest BCUT2D eigenvalue weighted by Gasteiger charge is -2.39. The standard InChI is InChI=1S/C17H22ClN3O2/c1-11(2)14-15(22)20-17(19-14)7-9-21(10-8-17)16(23)12-5-3-4-6-13(12)18/h3-6,11,14,19H,7-10H2,1-2H3,(H,20,22). The number of hydrogen-bond donors (Lipinski definition) is 2. The molecule has 1 aromatic rings. The molecule has 0 bridgehead atoms. The SMILES string of the molecule is CC(C)C1NC2(CCN(C(=O)c3ccccc3Cl)CC2)NC1=O. The molecule has 6 heteroatoms. The van der Waals surface area contributed by atoms with Gasteiger partial charge in [0.2, 0.25) is 5.91 Å². The Morgan fingerprint density at radius 2 is 1.96 bits per heavy atom. The van der Waals surface area contributed by atoms with E-state index in [4.69, 9.17) is 11.6 Å². The monoisotopic (exact) mass is 335 g/mol. The van der Waals surface area contributed by atoms with Crippen LogP contribution in [0.1, 0.15) is 37.0 Å². The zero-order valence-electron chi connectivity index (χ0n) is 13.4. The van der Waals surface area contributed by atoms with Crippen LogP contribution >= 0.6 is 11.6 Å². The second-order valence-electron chi connectivity index (χ2n) is 6.71. The molecule has 5 nitrogen and oxygen atoms in total. The Bertz CT molecular complexity index is 624. The van der Waals surface area contributed by atoms with Crippen molar-refractivity contribution in [1.29, 1.82) is 0 Å². The Morgan fingerprint density at radius 3 is 2.52 bits per heavy atom. The van der Waals surface area contributed by atoms with Gasteiger partial charge in [0.15, 0.2) is 0 Å². The van der Waals surface area contributed by atoms with Gasteiger partial charge in [-0.1, -0.05) is 37.6 Å². The number of hydrogen-bond acceptors (Lipinski definition) is 3. The number of amides is 2. The topological polar surface area (TPSA) is 61.4 Å². The minimum Gasteiger partial charge on any atom is -0.338 e. The summed E-state index contributed by atoms with van der Waals surface area (Å²) < 4.78 is 0. The molecule has 2 aliphatic heterocycles. The maximum atomic E-state index is 12.6. The zero-order chi connectivity index (χ0) is 16.6. The third-order valence-electron chi connectivity index (χ3n) is 4.75. The van der Waals surface area contributed by atoms with Crippen molar-refractivity contribution in [3.63, 3.8) is 0 Å². The van der Waals surface area contributed by atoms with Crippen LogP contribution in [0.25, 0.3) is 0 Å². The van der Waals surface area contributed by atoms with Crippen LogP contribution in [0, 0.1) is 5.92 Å². The van der Waals surface area contributed by atoms with Crippen molar-refractivity contribution in [3.05, 3.63) is 34.9 Å². The molecular weight excluding hydrogens is 314 g/mol. The van der Waals surface area contributed by atoms with E-state index in [0.717, 1.165) is 0 Å². The Balaban J connectivity index is 1.66. The molecule has 1 unspecified atom stereocenters. The second kappa shape index (κ2) is 6.13. The Hall–Kier alpha value is -1.59. The molecule has 2 N–H and O–H groups in total. The van der Waals surface area contributed by atoms with E-state index in [9.17, 15) is 9.59 Å². The van der Waals surface area contributed by atoms with Crippen LogP contribution < -0.4 is 10.6 Å². The van der Waals surface area contributed by atoms with Crippen LogP contribution in [0.15, 0.2) is 24.3 Å². The second-order valence-corrected chi connectivity index (χ2v) is 7.12. The maximum absolute atomic E-state index is 12.6. The number of carbonyl (C=O) groups excluding carboxylic acids is 2. The molecule has 1 spiro atoms. The van der Waals surface area contributed by atoms with E-state index in [1.807, 2.05) is 30.9 Å². The summed E-state index contributed by atoms with van der Waals surface area (Å²) in [6.45, 7) is 5.27. The van der Waals surface area contributed by atoms with E-state index in [0.29, 0.717) is 36.5 Å². The van der Waals surface area contributed by atoms with Gasteiger partial charge in [-0.15, -0.1) is 0 Å². The van der Waals surface area contributed by atoms with Gasteiger partial charge in [-0.3, -0.25) is 14.9 Å². The lowest BCUT2D eigenvalue weighted by atomic mass is 9.96. The summed E-state index contributed by atoms with van der Waals surface area (Å²) in [5.74, 6) is 0.262. The van der Waals surface area contributed by atoms with Gasteiger partial charge in [-0.05, 0) is 18.1 Å². The van der Waals surface area contributed by atoms with E-state index in [-0.39, 0.29) is 29.4 Å². The molecule has 0 aromatic heterocycles. The molecule has 2 saturated heterocycles. The maximum Gasteiger partial charge on any atom is 0.255 e. The lowest BCUT2D eigenvalue weighted by molar-refractivity contribution is -0.121. The van der Waals surface area contributed by atoms with Crippen molar-refractivity contribution >= 4 is 23.4 Å². The summed E-state index contributed by atoms with van der Waals surface area (Å²) in [5.41, 5.74) is 0.164. The van der Waals surface area contributed by atoms with Crippen molar-refractivity contribution in [2.24, 2.45) is 5.92 Å². The fourth-order valence-corrected chi connectivity index (χ4v) is 3.56. The van der Waals surface area contributed by atoms with E-state index < -0.39 is 0 Å². The molecule has 23 heavy (non-hydrogen) atoms. The molecule has 1 atom stereocenters. The Kier molecular flexibility index (Phi) is 4.34. The number of nitrogens with one attached hydrogen (secondary N) is 2. The number of piperidine rings is 1. The van der Waals surface area contributed by atoms with Gasteiger partial charge in [0.25, 0.3) is 5.91 Å². The quantitative estimate of drug-likeness (QED) is 0.869. The van der Waals surface area contributed by atoms with E-state index in [1.54, 1.807) is 12.1 Å². The first kappa shape index (κ1) is 16.3. The van der Waals surface area contributed by atoms with E-state index >= 15 is 0 Å². The molecule has 2 fully saturated rings. The largest absolute Gasteiger partial charge is 0.338 e. The highest BCUT2D eigenvalue weighted by Crippen LogP contribution is 2.28. The van der Waals surface area contributed by atoms with Gasteiger partial charge in [-0.25, -0.2) is 0 Å². The molecule has 0 aliphatic carbocycles. The van der Waals surface area contributed by atoms with Gasteiger partial charge >= 0.3 is 0 Å². The van der Waals surface area contributed by atoms with Gasteiger partial charge in [0, 0.05) is 25.9 Å². The van der Waals surface area contributed by atoms with Gasteiger partial charge < -0.3 is 10.2 Å². The summed E-state index contributed by atoms with van der Waals surface area (Å²) in [7, 11) is 0. The minimum absolute atomic E-state index is 0.0461. The number of rotatable bonds is 2. The molecule has 124 valence electrons. The smallest absolute Gasteiger partial charge is 0.255 e. The average molecular weight is 336 g/mol. The first-order chi connectivity index (χ1) is 10.9. The van der Waals surface area contributed by atoms with E-state index in [1.165, 1.54) is 0 Å². The Labute approximate surface area is 141 Å². The fraction of sp³-hybridized carbons (Fsp3) is 0.529. The van der Waals surface area contributed by atoms with Gasteiger partial charge in [-0.2, -0.15) is 0 Å². The number of halogens is 1. The van der Waals surface area contributed by atoms with Crippen LogP contribution in [0.2, 0.25) is 5.02 Å². The van der Waals surface area contributed by atoms with Crippen molar-refractivity contribution in [2.45, 2.75) is 38.4 Å². The number of benzene rings is 1. The van der Waals surface area contributed by atoms with Gasteiger partial charge in [0.05, 0.1) is 22.3 Å². The number of carbonyl (C=O) groups is 2. The normalized spacial score (nSPS) is 23.4. The predicted molar refractivity (Wildman–Crippen MR) is 89.2 cm³/mol. The summed E-state index contributed by atoms with van der Waals surface area (Å²) >= 11 is 6.12. The van der Waals surface area contributed by atoms with Crippen LogP contribution in [0.3, 0.4) is 0 Å². The van der Waals surface area contributed by atoms with Gasteiger partial charge in [0.1, 0.15) is 0 Å². The fourth-order valence-electron chi connectivity index (χ4n) is 3.35. The van der Waals surface area contributed by atoms with Crippen molar-refractivity contribution < 1.29 is 9.59 Å². The summed E-state index contributed by atoms with van der Waals surface area (Å²) in [4.78, 5) is 26.5. The molecule has 1 aromatic carbocycles. The highest BCUT2D eigenvalue weighted by molar-refractivity contribution is 6.33. The van der Waals surface area contributed by atoms with Crippen LogP contribution in [0.5, 0.6) is 0 Å².